The Kier molecular flexibility index (Phi) is 5.54. The minimum Gasteiger partial charge on any atom is -0.480 e. The van der Waals surface area contributed by atoms with Crippen molar-refractivity contribution in [3.63, 3.8) is 0 Å². The Morgan fingerprint density at radius 2 is 1.62 bits per heavy atom. The van der Waals surface area contributed by atoms with Gasteiger partial charge < -0.3 is 15.0 Å². The summed E-state index contributed by atoms with van der Waals surface area (Å²) in [4.78, 5) is 37.1. The molecule has 0 aliphatic carbocycles. The molecule has 0 unspecified atom stereocenters. The fraction of sp³-hybridized carbons (Fsp3) is 0.105. The number of carbonyl (C=O) groups excluding carboxylic acids is 2. The zero-order valence-electron chi connectivity index (χ0n) is 13.9. The molecule has 1 amide bonds. The molecule has 0 atom stereocenters. The Morgan fingerprint density at radius 1 is 1.00 bits per heavy atom. The molecule has 0 spiro atoms. The van der Waals surface area contributed by atoms with Crippen molar-refractivity contribution in [2.45, 2.75) is 6.92 Å². The number of ketones is 1. The summed E-state index contributed by atoms with van der Waals surface area (Å²) in [5.41, 5.74) is 0.981. The van der Waals surface area contributed by atoms with Gasteiger partial charge in [0.2, 0.25) is 11.7 Å². The lowest BCUT2D eigenvalue weighted by atomic mass is 10.1. The number of anilines is 1. The van der Waals surface area contributed by atoms with E-state index in [-0.39, 0.29) is 16.9 Å². The van der Waals surface area contributed by atoms with Crippen molar-refractivity contribution in [2.24, 2.45) is 0 Å². The van der Waals surface area contributed by atoms with E-state index in [0.29, 0.717) is 16.5 Å². The number of nitrogens with zero attached hydrogens (tertiary/aromatic N) is 1. The maximum Gasteiger partial charge on any atom is 0.323 e. The second-order valence-electron chi connectivity index (χ2n) is 5.47. The van der Waals surface area contributed by atoms with Crippen molar-refractivity contribution in [2.75, 3.05) is 11.4 Å². The zero-order valence-corrected chi connectivity index (χ0v) is 13.9. The van der Waals surface area contributed by atoms with Crippen LogP contribution in [0.5, 0.6) is 0 Å². The molecule has 134 valence electrons. The minimum atomic E-state index is -1.18. The first-order chi connectivity index (χ1) is 12.0. The van der Waals surface area contributed by atoms with E-state index in [4.69, 9.17) is 9.52 Å². The van der Waals surface area contributed by atoms with Crippen LogP contribution in [0.25, 0.3) is 11.0 Å². The normalized spacial score (nSPS) is 10.2. The van der Waals surface area contributed by atoms with Gasteiger partial charge in [0.15, 0.2) is 5.76 Å². The summed E-state index contributed by atoms with van der Waals surface area (Å²) < 4.78 is 5.69. The molecule has 0 saturated carbocycles. The monoisotopic (exact) mass is 355 g/mol. The average molecular weight is 355 g/mol. The Morgan fingerprint density at radius 3 is 2.23 bits per heavy atom. The van der Waals surface area contributed by atoms with Gasteiger partial charge in [0.25, 0.3) is 0 Å². The number of furan rings is 1. The highest BCUT2D eigenvalue weighted by atomic mass is 16.4. The van der Waals surface area contributed by atoms with E-state index in [2.05, 4.69) is 0 Å². The molecule has 0 saturated heterocycles. The molecule has 1 heterocycles. The summed E-state index contributed by atoms with van der Waals surface area (Å²) in [7, 11) is 0. The first-order valence-electron chi connectivity index (χ1n) is 7.60. The third-order valence-corrected chi connectivity index (χ3v) is 3.75. The van der Waals surface area contributed by atoms with Gasteiger partial charge in [0, 0.05) is 17.9 Å². The van der Waals surface area contributed by atoms with Gasteiger partial charge in [-0.3, -0.25) is 19.3 Å². The number of benzene rings is 2. The number of para-hydroxylation sites is 1. The Labute approximate surface area is 148 Å². The number of amides is 1. The predicted molar refractivity (Wildman–Crippen MR) is 95.4 cm³/mol. The number of rotatable bonds is 5. The Bertz CT molecular complexity index is 961. The topological polar surface area (TPSA) is 119 Å². The highest BCUT2D eigenvalue weighted by Crippen LogP contribution is 2.35. The van der Waals surface area contributed by atoms with Crippen LogP contribution in [-0.4, -0.2) is 34.8 Å². The van der Waals surface area contributed by atoms with Crippen LogP contribution in [-0.2, 0) is 9.59 Å². The maximum absolute atomic E-state index is 12.9. The molecule has 2 aromatic carbocycles. The van der Waals surface area contributed by atoms with Crippen LogP contribution in [0.3, 0.4) is 0 Å². The number of carboxylic acids is 1. The van der Waals surface area contributed by atoms with Gasteiger partial charge >= 0.3 is 5.97 Å². The lowest BCUT2D eigenvalue weighted by Crippen LogP contribution is -2.34. The Balaban J connectivity index is 0.00000243. The molecular weight excluding hydrogens is 338 g/mol. The lowest BCUT2D eigenvalue weighted by Gasteiger charge is -2.18. The molecule has 0 aliphatic heterocycles. The largest absolute Gasteiger partial charge is 0.480 e. The van der Waals surface area contributed by atoms with Gasteiger partial charge in [-0.1, -0.05) is 42.5 Å². The van der Waals surface area contributed by atoms with Crippen LogP contribution >= 0.6 is 0 Å². The first kappa shape index (κ1) is 18.9. The SMILES string of the molecule is CC(=O)N(CC(=O)O)c1c(C(=O)c2ccccc2)oc2ccccc12.O. The number of hydrogen-bond acceptors (Lipinski definition) is 4. The van der Waals surface area contributed by atoms with E-state index < -0.39 is 24.2 Å². The molecule has 26 heavy (non-hydrogen) atoms. The number of hydrogen-bond donors (Lipinski definition) is 1. The van der Waals surface area contributed by atoms with E-state index in [1.54, 1.807) is 54.6 Å². The van der Waals surface area contributed by atoms with Crippen LogP contribution in [0.4, 0.5) is 5.69 Å². The molecule has 3 rings (SSSR count). The lowest BCUT2D eigenvalue weighted by molar-refractivity contribution is -0.136. The van der Waals surface area contributed by atoms with Gasteiger partial charge in [-0.2, -0.15) is 0 Å². The van der Waals surface area contributed by atoms with Crippen molar-refractivity contribution >= 4 is 34.3 Å². The van der Waals surface area contributed by atoms with Gasteiger partial charge in [0.1, 0.15) is 17.8 Å². The van der Waals surface area contributed by atoms with Gasteiger partial charge in [-0.05, 0) is 12.1 Å². The van der Waals surface area contributed by atoms with Crippen molar-refractivity contribution < 1.29 is 29.4 Å². The zero-order chi connectivity index (χ0) is 18.0. The quantitative estimate of drug-likeness (QED) is 0.704. The van der Waals surface area contributed by atoms with Crippen molar-refractivity contribution in [3.05, 3.63) is 65.9 Å². The van der Waals surface area contributed by atoms with Gasteiger partial charge in [-0.25, -0.2) is 0 Å². The van der Waals surface area contributed by atoms with Gasteiger partial charge in [-0.15, -0.1) is 0 Å². The van der Waals surface area contributed by atoms with Crippen molar-refractivity contribution in [1.82, 2.24) is 0 Å². The smallest absolute Gasteiger partial charge is 0.323 e. The molecule has 3 N–H and O–H groups in total. The highest BCUT2D eigenvalue weighted by Gasteiger charge is 2.28. The maximum atomic E-state index is 12.9. The third-order valence-electron chi connectivity index (χ3n) is 3.75. The average Bonchev–Trinajstić information content (AvgIpc) is 2.98. The standard InChI is InChI=1S/C19H15NO5.H2O/c1-12(21)20(11-16(22)23)17-14-9-5-6-10-15(14)25-19(17)18(24)13-7-3-2-4-8-13;/h2-10H,11H2,1H3,(H,22,23);1H2. The van der Waals surface area contributed by atoms with E-state index in [9.17, 15) is 14.4 Å². The summed E-state index contributed by atoms with van der Waals surface area (Å²) in [6.45, 7) is 0.690. The number of aliphatic carboxylic acids is 1. The number of carbonyl (C=O) groups is 3. The molecule has 7 nitrogen and oxygen atoms in total. The number of fused-ring (bicyclic) bond motifs is 1. The predicted octanol–water partition coefficient (Wildman–Crippen LogP) is 2.28. The summed E-state index contributed by atoms with van der Waals surface area (Å²) >= 11 is 0. The molecular formula is C19H17NO6. The summed E-state index contributed by atoms with van der Waals surface area (Å²) in [6.07, 6.45) is 0. The molecule has 0 bridgehead atoms. The molecule has 1 aromatic heterocycles. The minimum absolute atomic E-state index is 0. The summed E-state index contributed by atoms with van der Waals surface area (Å²) in [5.74, 6) is -2.14. The second-order valence-corrected chi connectivity index (χ2v) is 5.47. The van der Waals surface area contributed by atoms with Crippen LogP contribution in [0.2, 0.25) is 0 Å². The van der Waals surface area contributed by atoms with Crippen molar-refractivity contribution in [3.8, 4) is 0 Å². The number of carboxylic acid groups (broad SMARTS) is 1. The van der Waals surface area contributed by atoms with Gasteiger partial charge in [0.05, 0.1) is 0 Å². The molecule has 3 aromatic rings. The van der Waals surface area contributed by atoms with Crippen LogP contribution < -0.4 is 4.90 Å². The summed E-state index contributed by atoms with van der Waals surface area (Å²) in [6, 6.07) is 15.3. The highest BCUT2D eigenvalue weighted by molar-refractivity contribution is 6.18. The van der Waals surface area contributed by atoms with Crippen LogP contribution in [0.15, 0.2) is 59.0 Å². The Hall–Kier alpha value is -3.45. The van der Waals surface area contributed by atoms with E-state index in [1.807, 2.05) is 0 Å². The van der Waals surface area contributed by atoms with Crippen LogP contribution in [0.1, 0.15) is 23.0 Å². The third kappa shape index (κ3) is 3.47. The molecule has 0 radical (unpaired) electrons. The van der Waals surface area contributed by atoms with E-state index >= 15 is 0 Å². The molecule has 7 heteroatoms. The second kappa shape index (κ2) is 7.62. The fourth-order valence-electron chi connectivity index (χ4n) is 2.66. The van der Waals surface area contributed by atoms with Crippen LogP contribution in [0, 0.1) is 0 Å². The first-order valence-corrected chi connectivity index (χ1v) is 7.60. The van der Waals surface area contributed by atoms with E-state index in [0.717, 1.165) is 4.90 Å². The summed E-state index contributed by atoms with van der Waals surface area (Å²) in [5, 5.41) is 9.65. The fourth-order valence-corrected chi connectivity index (χ4v) is 2.66. The van der Waals surface area contributed by atoms with E-state index in [1.165, 1.54) is 6.92 Å². The molecule has 0 aliphatic rings. The van der Waals surface area contributed by atoms with Crippen molar-refractivity contribution in [1.29, 1.82) is 0 Å². The molecule has 0 fully saturated rings.